The molecule has 1 saturated heterocycles. The van der Waals surface area contributed by atoms with Crippen LogP contribution in [0.4, 0.5) is 8.78 Å². The molecule has 1 aliphatic heterocycles. The Morgan fingerprint density at radius 3 is 2.74 bits per heavy atom. The maximum absolute atomic E-state index is 14.4. The Morgan fingerprint density at radius 2 is 2.13 bits per heavy atom. The Labute approximate surface area is 176 Å². The fraction of sp³-hybridized carbons (Fsp3) is 0.429. The van der Waals surface area contributed by atoms with Crippen molar-refractivity contribution in [2.75, 3.05) is 6.54 Å². The van der Waals surface area contributed by atoms with Gasteiger partial charge in [-0.15, -0.1) is 0 Å². The van der Waals surface area contributed by atoms with Gasteiger partial charge in [-0.25, -0.2) is 8.78 Å². The zero-order chi connectivity index (χ0) is 22.9. The van der Waals surface area contributed by atoms with Gasteiger partial charge in [-0.3, -0.25) is 9.59 Å². The summed E-state index contributed by atoms with van der Waals surface area (Å²) >= 11 is 0. The van der Waals surface area contributed by atoms with Gasteiger partial charge in [0.15, 0.2) is 6.17 Å². The van der Waals surface area contributed by atoms with E-state index in [0.29, 0.717) is 10.3 Å². The van der Waals surface area contributed by atoms with Gasteiger partial charge in [0, 0.05) is 27.0 Å². The van der Waals surface area contributed by atoms with E-state index in [4.69, 9.17) is 5.26 Å². The van der Waals surface area contributed by atoms with Crippen LogP contribution in [0.2, 0.25) is 0 Å². The lowest BCUT2D eigenvalue weighted by atomic mass is 9.90. The molecule has 0 aliphatic carbocycles. The lowest BCUT2D eigenvalue weighted by Gasteiger charge is -2.26. The average molecular weight is 428 g/mol. The molecule has 1 aromatic carbocycles. The summed E-state index contributed by atoms with van der Waals surface area (Å²) in [6.07, 6.45) is -2.07. The monoisotopic (exact) mass is 428 g/mol. The summed E-state index contributed by atoms with van der Waals surface area (Å²) in [5, 5.41) is 20.9. The molecule has 3 rings (SSSR count). The van der Waals surface area contributed by atoms with E-state index >= 15 is 0 Å². The summed E-state index contributed by atoms with van der Waals surface area (Å²) in [6.45, 7) is 2.85. The van der Waals surface area contributed by atoms with E-state index in [1.807, 2.05) is 6.07 Å². The second-order valence-electron chi connectivity index (χ2n) is 7.72. The number of nitrogens with one attached hydrogen (secondary N) is 2. The normalized spacial score (nSPS) is 21.9. The van der Waals surface area contributed by atoms with E-state index in [2.05, 4.69) is 10.3 Å². The lowest BCUT2D eigenvalue weighted by Crippen LogP contribution is -2.55. The molecule has 160 valence electrons. The minimum Gasteiger partial charge on any atom is -0.346 e. The third-order valence-electron chi connectivity index (χ3n) is 5.65. The number of H-pyrrole nitrogens is 1. The van der Waals surface area contributed by atoms with Gasteiger partial charge in [-0.1, -0.05) is 0 Å². The van der Waals surface area contributed by atoms with E-state index in [9.17, 15) is 28.5 Å². The van der Waals surface area contributed by atoms with Crippen molar-refractivity contribution in [3.05, 3.63) is 49.9 Å². The first-order valence-corrected chi connectivity index (χ1v) is 9.68. The number of benzene rings is 1. The summed E-state index contributed by atoms with van der Waals surface area (Å²) in [5.41, 5.74) is -0.192. The van der Waals surface area contributed by atoms with E-state index < -0.39 is 47.9 Å². The van der Waals surface area contributed by atoms with Gasteiger partial charge in [0.25, 0.3) is 11.6 Å². The van der Waals surface area contributed by atoms with Gasteiger partial charge < -0.3 is 10.3 Å². The van der Waals surface area contributed by atoms with Crippen LogP contribution < -0.4 is 10.9 Å². The van der Waals surface area contributed by atoms with Gasteiger partial charge in [-0.2, -0.15) is 10.5 Å². The second kappa shape index (κ2) is 8.60. The van der Waals surface area contributed by atoms with Crippen molar-refractivity contribution in [3.63, 3.8) is 0 Å². The largest absolute Gasteiger partial charge is 0.346 e. The first kappa shape index (κ1) is 22.0. The third-order valence-corrected chi connectivity index (χ3v) is 5.65. The van der Waals surface area contributed by atoms with Crippen molar-refractivity contribution in [2.45, 2.75) is 44.9 Å². The standard InChI is InChI=1S/C21H19F2N5O3/c1-10-13(21(30)27-17-4-3-15(22)14(8-25)19(10)17)6-18(29)26-11(2)20-16(23)5-12(7-24)9-28(20)31/h3-4,11-12,16,20H,5-6,9H2,1-2H3,(H-,26,27,29,30)/p+1/t11-,12?,16?,20?/m1/s1. The summed E-state index contributed by atoms with van der Waals surface area (Å²) in [6, 6.07) is 4.05. The van der Waals surface area contributed by atoms with Crippen molar-refractivity contribution in [3.8, 4) is 12.1 Å². The topological polar surface area (TPSA) is 130 Å². The number of carbonyl (C=O) groups is 1. The summed E-state index contributed by atoms with van der Waals surface area (Å²) in [4.78, 5) is 39.7. The molecule has 0 radical (unpaired) electrons. The van der Waals surface area contributed by atoms with Gasteiger partial charge >= 0.3 is 0 Å². The highest BCUT2D eigenvalue weighted by Gasteiger charge is 2.47. The highest BCUT2D eigenvalue weighted by Crippen LogP contribution is 2.25. The number of rotatable bonds is 4. The zero-order valence-corrected chi connectivity index (χ0v) is 16.9. The SMILES string of the molecule is Cc1c(CC(=O)N[C@H](C)C2C(F)CC(C#N)C[N+]2=O)c(=O)[nH]c2ccc(F)c(C#N)c12. The van der Waals surface area contributed by atoms with Crippen LogP contribution in [0.1, 0.15) is 30.0 Å². The van der Waals surface area contributed by atoms with Crippen LogP contribution in [-0.2, 0) is 11.2 Å². The fourth-order valence-electron chi connectivity index (χ4n) is 4.12. The molecule has 31 heavy (non-hydrogen) atoms. The molecule has 1 aliphatic rings. The number of nitriles is 2. The average Bonchev–Trinajstić information content (AvgIpc) is 2.70. The smallest absolute Gasteiger partial charge is 0.252 e. The summed E-state index contributed by atoms with van der Waals surface area (Å²) in [5.74, 6) is -2.08. The number of aromatic amines is 1. The van der Waals surface area contributed by atoms with Crippen LogP contribution in [0.3, 0.4) is 0 Å². The van der Waals surface area contributed by atoms with Crippen LogP contribution in [0.15, 0.2) is 16.9 Å². The predicted molar refractivity (Wildman–Crippen MR) is 106 cm³/mol. The van der Waals surface area contributed by atoms with Gasteiger partial charge in [-0.05, 0) is 31.5 Å². The van der Waals surface area contributed by atoms with Crippen LogP contribution >= 0.6 is 0 Å². The Balaban J connectivity index is 1.84. The Morgan fingerprint density at radius 1 is 1.42 bits per heavy atom. The van der Waals surface area contributed by atoms with Crippen LogP contribution in [0.5, 0.6) is 0 Å². The molecule has 3 unspecified atom stereocenters. The maximum Gasteiger partial charge on any atom is 0.252 e. The number of fused-ring (bicyclic) bond motifs is 1. The number of amides is 1. The number of piperidine rings is 1. The van der Waals surface area contributed by atoms with Crippen molar-refractivity contribution in [2.24, 2.45) is 5.92 Å². The number of aromatic nitrogens is 1. The molecule has 4 atom stereocenters. The molecule has 0 spiro atoms. The van der Waals surface area contributed by atoms with Gasteiger partial charge in [0.05, 0.1) is 29.6 Å². The van der Waals surface area contributed by atoms with Crippen molar-refractivity contribution < 1.29 is 18.3 Å². The minimum absolute atomic E-state index is 0.0447. The first-order chi connectivity index (χ1) is 14.7. The van der Waals surface area contributed by atoms with Gasteiger partial charge in [0.2, 0.25) is 12.5 Å². The number of carbonyl (C=O) groups excluding carboxylic acids is 1. The molecule has 0 saturated carbocycles. The molecule has 1 amide bonds. The van der Waals surface area contributed by atoms with Gasteiger partial charge in [0.1, 0.15) is 17.8 Å². The second-order valence-corrected chi connectivity index (χ2v) is 7.72. The molecule has 2 heterocycles. The van der Waals surface area contributed by atoms with E-state index in [1.54, 1.807) is 6.07 Å². The molecule has 0 bridgehead atoms. The van der Waals surface area contributed by atoms with Crippen molar-refractivity contribution in [1.29, 1.82) is 10.5 Å². The number of aryl methyl sites for hydroxylation is 1. The van der Waals surface area contributed by atoms with Crippen LogP contribution in [-0.4, -0.2) is 40.5 Å². The molecular formula is C21H20F2N5O3+. The summed E-state index contributed by atoms with van der Waals surface area (Å²) in [7, 11) is 0. The Kier molecular flexibility index (Phi) is 6.11. The number of pyridine rings is 1. The predicted octanol–water partition coefficient (Wildman–Crippen LogP) is 1.92. The van der Waals surface area contributed by atoms with E-state index in [-0.39, 0.29) is 35.0 Å². The Bertz CT molecular complexity index is 1210. The number of alkyl halides is 1. The molecular weight excluding hydrogens is 408 g/mol. The maximum atomic E-state index is 14.4. The molecule has 2 aromatic rings. The highest BCUT2D eigenvalue weighted by molar-refractivity contribution is 5.90. The first-order valence-electron chi connectivity index (χ1n) is 9.68. The molecule has 10 heteroatoms. The van der Waals surface area contributed by atoms with E-state index in [1.165, 1.54) is 19.9 Å². The highest BCUT2D eigenvalue weighted by atomic mass is 19.1. The number of hydrogen-bond donors (Lipinski definition) is 2. The molecule has 1 fully saturated rings. The number of halogens is 2. The quantitative estimate of drug-likeness (QED) is 0.719. The molecule has 8 nitrogen and oxygen atoms in total. The van der Waals surface area contributed by atoms with Crippen LogP contribution in [0, 0.1) is 46.2 Å². The van der Waals surface area contributed by atoms with Crippen LogP contribution in [0.25, 0.3) is 10.9 Å². The lowest BCUT2D eigenvalue weighted by molar-refractivity contribution is -0.610. The minimum atomic E-state index is -1.59. The van der Waals surface area contributed by atoms with Crippen molar-refractivity contribution in [1.82, 2.24) is 10.3 Å². The third kappa shape index (κ3) is 4.15. The molecule has 2 N–H and O–H groups in total. The number of hydrogen-bond acceptors (Lipinski definition) is 5. The Hall–Kier alpha value is -3.66. The molecule has 1 aromatic heterocycles. The number of nitroso groups, excluding NO2 is 1. The number of nitrogens with zero attached hydrogens (tertiary/aromatic N) is 3. The zero-order valence-electron chi connectivity index (χ0n) is 16.9. The van der Waals surface area contributed by atoms with Crippen molar-refractivity contribution >= 4 is 16.8 Å². The fourth-order valence-corrected chi connectivity index (χ4v) is 4.12. The summed E-state index contributed by atoms with van der Waals surface area (Å²) < 4.78 is 28.9. The van der Waals surface area contributed by atoms with E-state index in [0.717, 1.165) is 6.07 Å².